The monoisotopic (exact) mass is 341 g/mol. The summed E-state index contributed by atoms with van der Waals surface area (Å²) in [6.45, 7) is 5.58. The van der Waals surface area contributed by atoms with Crippen LogP contribution in [-0.4, -0.2) is 17.4 Å². The molecule has 0 unspecified atom stereocenters. The molecule has 5 heteroatoms. The van der Waals surface area contributed by atoms with Gasteiger partial charge in [0.1, 0.15) is 0 Å². The molecule has 0 aliphatic heterocycles. The number of amides is 1. The summed E-state index contributed by atoms with van der Waals surface area (Å²) in [5.41, 5.74) is 9.49. The number of fused-ring (bicyclic) bond motifs is 1. The number of benzene rings is 1. The van der Waals surface area contributed by atoms with E-state index in [2.05, 4.69) is 16.4 Å². The summed E-state index contributed by atoms with van der Waals surface area (Å²) in [6, 6.07) is 5.72. The molecule has 1 amide bonds. The Labute approximate surface area is 148 Å². The van der Waals surface area contributed by atoms with E-state index in [1.165, 1.54) is 0 Å². The predicted octanol–water partition coefficient (Wildman–Crippen LogP) is 2.53. The van der Waals surface area contributed by atoms with Crippen molar-refractivity contribution >= 4 is 16.8 Å². The number of aryl methyl sites for hydroxylation is 2. The molecule has 1 aliphatic rings. The Balaban J connectivity index is 1.61. The lowest BCUT2D eigenvalue weighted by molar-refractivity contribution is -0.122. The predicted molar refractivity (Wildman–Crippen MR) is 100 cm³/mol. The highest BCUT2D eigenvalue weighted by atomic mass is 16.1. The molecule has 1 aromatic heterocycles. The van der Waals surface area contributed by atoms with E-state index in [9.17, 15) is 9.59 Å². The minimum Gasteiger partial charge on any atom is -0.369 e. The van der Waals surface area contributed by atoms with E-state index in [1.54, 1.807) is 6.07 Å². The number of primary amides is 1. The van der Waals surface area contributed by atoms with Gasteiger partial charge in [-0.15, -0.1) is 0 Å². The molecule has 5 nitrogen and oxygen atoms in total. The molecular formula is C20H27N3O2. The van der Waals surface area contributed by atoms with Crippen LogP contribution in [0.15, 0.2) is 23.0 Å². The van der Waals surface area contributed by atoms with E-state index < -0.39 is 0 Å². The smallest absolute Gasteiger partial charge is 0.220 e. The molecule has 0 atom stereocenters. The number of pyridine rings is 1. The molecule has 4 N–H and O–H groups in total. The first-order chi connectivity index (χ1) is 11.9. The second-order valence-corrected chi connectivity index (χ2v) is 7.41. The first kappa shape index (κ1) is 17.7. The number of aromatic amines is 1. The number of nitrogens with two attached hydrogens (primary N) is 1. The molecule has 1 fully saturated rings. The summed E-state index contributed by atoms with van der Waals surface area (Å²) in [6.07, 6.45) is 3.86. The highest BCUT2D eigenvalue weighted by Gasteiger charge is 2.24. The van der Waals surface area contributed by atoms with Crippen LogP contribution in [0.25, 0.3) is 10.9 Å². The quantitative estimate of drug-likeness (QED) is 0.781. The third-order valence-corrected chi connectivity index (χ3v) is 5.33. The number of aromatic nitrogens is 1. The van der Waals surface area contributed by atoms with Crippen LogP contribution < -0.4 is 16.5 Å². The van der Waals surface area contributed by atoms with Crippen LogP contribution >= 0.6 is 0 Å². The van der Waals surface area contributed by atoms with Crippen LogP contribution in [0.1, 0.15) is 42.5 Å². The second kappa shape index (κ2) is 7.40. The maximum atomic E-state index is 12.4. The van der Waals surface area contributed by atoms with E-state index in [0.717, 1.165) is 60.0 Å². The SMILES string of the molecule is Cc1cc(C)c2[nH]c(CNCC3CCC(C(N)=O)CC3)cc(=O)c2c1. The Kier molecular flexibility index (Phi) is 5.23. The maximum Gasteiger partial charge on any atom is 0.220 e. The number of nitrogens with one attached hydrogen (secondary N) is 2. The van der Waals surface area contributed by atoms with Crippen LogP contribution in [0.5, 0.6) is 0 Å². The van der Waals surface area contributed by atoms with E-state index in [1.807, 2.05) is 19.9 Å². The normalized spacial score (nSPS) is 20.7. The van der Waals surface area contributed by atoms with Crippen molar-refractivity contribution in [2.45, 2.75) is 46.1 Å². The highest BCUT2D eigenvalue weighted by molar-refractivity contribution is 5.82. The molecule has 0 radical (unpaired) electrons. The van der Waals surface area contributed by atoms with E-state index in [-0.39, 0.29) is 17.3 Å². The lowest BCUT2D eigenvalue weighted by Crippen LogP contribution is -2.31. The number of hydrogen-bond donors (Lipinski definition) is 3. The molecule has 0 spiro atoms. The lowest BCUT2D eigenvalue weighted by atomic mass is 9.81. The highest BCUT2D eigenvalue weighted by Crippen LogP contribution is 2.28. The molecule has 134 valence electrons. The fourth-order valence-electron chi connectivity index (χ4n) is 3.92. The third kappa shape index (κ3) is 4.10. The van der Waals surface area contributed by atoms with E-state index >= 15 is 0 Å². The number of carbonyl (C=O) groups excluding carboxylic acids is 1. The van der Waals surface area contributed by atoms with Crippen LogP contribution in [0, 0.1) is 25.7 Å². The van der Waals surface area contributed by atoms with Crippen LogP contribution in [0.3, 0.4) is 0 Å². The number of carbonyl (C=O) groups is 1. The van der Waals surface area contributed by atoms with Crippen LogP contribution in [-0.2, 0) is 11.3 Å². The molecule has 1 saturated carbocycles. The fraction of sp³-hybridized carbons (Fsp3) is 0.500. The van der Waals surface area contributed by atoms with Crippen molar-refractivity contribution in [1.29, 1.82) is 0 Å². The Morgan fingerprint density at radius 3 is 2.60 bits per heavy atom. The van der Waals surface area contributed by atoms with Gasteiger partial charge in [-0.2, -0.15) is 0 Å². The molecule has 0 bridgehead atoms. The number of rotatable bonds is 5. The minimum absolute atomic E-state index is 0.0551. The van der Waals surface area contributed by atoms with Crippen LogP contribution in [0.4, 0.5) is 0 Å². The van der Waals surface area contributed by atoms with Crippen molar-refractivity contribution in [2.75, 3.05) is 6.54 Å². The number of H-pyrrole nitrogens is 1. The minimum atomic E-state index is -0.161. The van der Waals surface area contributed by atoms with Gasteiger partial charge in [-0.3, -0.25) is 9.59 Å². The van der Waals surface area contributed by atoms with Crippen molar-refractivity contribution in [1.82, 2.24) is 10.3 Å². The molecule has 1 aromatic carbocycles. The van der Waals surface area contributed by atoms with Crippen molar-refractivity contribution < 1.29 is 4.79 Å². The van der Waals surface area contributed by atoms with Gasteiger partial charge in [-0.25, -0.2) is 0 Å². The van der Waals surface area contributed by atoms with Gasteiger partial charge in [0.05, 0.1) is 5.52 Å². The van der Waals surface area contributed by atoms with Gasteiger partial charge in [0.2, 0.25) is 5.91 Å². The topological polar surface area (TPSA) is 88.0 Å². The van der Waals surface area contributed by atoms with Gasteiger partial charge < -0.3 is 16.0 Å². The first-order valence-corrected chi connectivity index (χ1v) is 9.07. The van der Waals surface area contributed by atoms with Gasteiger partial charge in [-0.1, -0.05) is 6.07 Å². The second-order valence-electron chi connectivity index (χ2n) is 7.41. The average Bonchev–Trinajstić information content (AvgIpc) is 2.56. The van der Waals surface area contributed by atoms with E-state index in [4.69, 9.17) is 5.73 Å². The maximum absolute atomic E-state index is 12.4. The Morgan fingerprint density at radius 1 is 1.20 bits per heavy atom. The molecule has 1 heterocycles. The van der Waals surface area contributed by atoms with Gasteiger partial charge in [0.15, 0.2) is 5.43 Å². The van der Waals surface area contributed by atoms with E-state index in [0.29, 0.717) is 12.5 Å². The molecule has 3 rings (SSSR count). The summed E-state index contributed by atoms with van der Waals surface area (Å²) in [4.78, 5) is 27.0. The zero-order valence-electron chi connectivity index (χ0n) is 15.0. The third-order valence-electron chi connectivity index (χ3n) is 5.33. The molecular weight excluding hydrogens is 314 g/mol. The summed E-state index contributed by atoms with van der Waals surface area (Å²) in [7, 11) is 0. The molecule has 2 aromatic rings. The summed E-state index contributed by atoms with van der Waals surface area (Å²) >= 11 is 0. The van der Waals surface area contributed by atoms with Gasteiger partial charge in [-0.05, 0) is 69.2 Å². The summed E-state index contributed by atoms with van der Waals surface area (Å²) in [5.74, 6) is 0.470. The van der Waals surface area contributed by atoms with Crippen molar-refractivity contribution in [3.63, 3.8) is 0 Å². The number of hydrogen-bond acceptors (Lipinski definition) is 3. The molecule has 1 aliphatic carbocycles. The van der Waals surface area contributed by atoms with Gasteiger partial charge in [0.25, 0.3) is 0 Å². The van der Waals surface area contributed by atoms with Gasteiger partial charge in [0, 0.05) is 29.6 Å². The lowest BCUT2D eigenvalue weighted by Gasteiger charge is -2.26. The summed E-state index contributed by atoms with van der Waals surface area (Å²) in [5, 5.41) is 4.21. The van der Waals surface area contributed by atoms with Crippen molar-refractivity contribution in [3.05, 3.63) is 45.2 Å². The molecule has 25 heavy (non-hydrogen) atoms. The molecule has 0 saturated heterocycles. The zero-order chi connectivity index (χ0) is 18.0. The average molecular weight is 341 g/mol. The van der Waals surface area contributed by atoms with Crippen molar-refractivity contribution in [2.24, 2.45) is 17.6 Å². The first-order valence-electron chi connectivity index (χ1n) is 9.07. The Bertz CT molecular complexity index is 833. The standard InChI is InChI=1S/C20H27N3O2/c1-12-7-13(2)19-17(8-12)18(24)9-16(23-19)11-22-10-14-3-5-15(6-4-14)20(21)25/h7-9,14-15,22H,3-6,10-11H2,1-2H3,(H2,21,25)(H,23,24). The fourth-order valence-corrected chi connectivity index (χ4v) is 3.92. The Morgan fingerprint density at radius 2 is 1.92 bits per heavy atom. The largest absolute Gasteiger partial charge is 0.369 e. The summed E-state index contributed by atoms with van der Waals surface area (Å²) < 4.78 is 0. The zero-order valence-corrected chi connectivity index (χ0v) is 15.0. The Hall–Kier alpha value is -2.14. The van der Waals surface area contributed by atoms with Crippen LogP contribution in [0.2, 0.25) is 0 Å². The van der Waals surface area contributed by atoms with Gasteiger partial charge >= 0.3 is 0 Å². The van der Waals surface area contributed by atoms with Crippen molar-refractivity contribution in [3.8, 4) is 0 Å².